The highest BCUT2D eigenvalue weighted by molar-refractivity contribution is 9.10. The maximum Gasteiger partial charge on any atom is 0.222 e. The van der Waals surface area contributed by atoms with Crippen molar-refractivity contribution in [3.8, 4) is 0 Å². The highest BCUT2D eigenvalue weighted by Gasteiger charge is 2.26. The van der Waals surface area contributed by atoms with E-state index in [1.165, 1.54) is 6.92 Å². The van der Waals surface area contributed by atoms with Crippen LogP contribution >= 0.6 is 15.9 Å². The fraction of sp³-hybridized carbons (Fsp3) is 0.348. The van der Waals surface area contributed by atoms with Gasteiger partial charge in [-0.3, -0.25) is 14.4 Å². The van der Waals surface area contributed by atoms with E-state index in [1.807, 2.05) is 54.6 Å². The molecule has 2 aromatic carbocycles. The van der Waals surface area contributed by atoms with Crippen LogP contribution in [0.15, 0.2) is 59.1 Å². The highest BCUT2D eigenvalue weighted by atomic mass is 79.9. The lowest BCUT2D eigenvalue weighted by Crippen LogP contribution is -2.40. The van der Waals surface area contributed by atoms with E-state index in [4.69, 9.17) is 0 Å². The number of rotatable bonds is 8. The van der Waals surface area contributed by atoms with Gasteiger partial charge in [0.25, 0.3) is 0 Å². The van der Waals surface area contributed by atoms with Crippen molar-refractivity contribution in [3.05, 3.63) is 70.2 Å². The second-order valence-electron chi connectivity index (χ2n) is 7.48. The first-order valence-corrected chi connectivity index (χ1v) is 10.9. The average molecular weight is 472 g/mol. The number of hydrogen-bond acceptors (Lipinski definition) is 3. The molecular weight excluding hydrogens is 446 g/mol. The number of amides is 3. The molecule has 7 heteroatoms. The number of hydrogen-bond donors (Lipinski definition) is 2. The Bertz CT molecular complexity index is 886. The monoisotopic (exact) mass is 471 g/mol. The summed E-state index contributed by atoms with van der Waals surface area (Å²) in [4.78, 5) is 38.5. The Morgan fingerprint density at radius 2 is 1.67 bits per heavy atom. The molecule has 0 aliphatic carbocycles. The number of carbonyl (C=O) groups is 3. The van der Waals surface area contributed by atoms with E-state index in [2.05, 4.69) is 26.6 Å². The van der Waals surface area contributed by atoms with Gasteiger partial charge >= 0.3 is 0 Å². The summed E-state index contributed by atoms with van der Waals surface area (Å²) >= 11 is 3.40. The van der Waals surface area contributed by atoms with Crippen LogP contribution in [-0.2, 0) is 14.4 Å². The molecule has 1 aliphatic rings. The molecule has 2 aromatic rings. The number of halogens is 1. The first-order valence-electron chi connectivity index (χ1n) is 10.1. The molecule has 0 spiro atoms. The maximum absolute atomic E-state index is 12.9. The minimum Gasteiger partial charge on any atom is -0.349 e. The third-order valence-electron chi connectivity index (χ3n) is 5.15. The van der Waals surface area contributed by atoms with Crippen molar-refractivity contribution < 1.29 is 14.4 Å². The van der Waals surface area contributed by atoms with E-state index in [0.29, 0.717) is 19.5 Å². The molecule has 0 saturated carbocycles. The molecule has 0 bridgehead atoms. The molecule has 158 valence electrons. The zero-order valence-corrected chi connectivity index (χ0v) is 18.5. The van der Waals surface area contributed by atoms with E-state index in [9.17, 15) is 14.4 Å². The molecule has 1 heterocycles. The van der Waals surface area contributed by atoms with E-state index in [1.54, 1.807) is 4.90 Å². The van der Waals surface area contributed by atoms with Gasteiger partial charge in [0.1, 0.15) is 0 Å². The molecule has 2 N–H and O–H groups in total. The molecule has 3 rings (SSSR count). The fourth-order valence-electron chi connectivity index (χ4n) is 3.67. The smallest absolute Gasteiger partial charge is 0.222 e. The summed E-state index contributed by atoms with van der Waals surface area (Å²) in [5, 5.41) is 5.93. The van der Waals surface area contributed by atoms with Gasteiger partial charge < -0.3 is 15.5 Å². The Hall–Kier alpha value is -2.67. The van der Waals surface area contributed by atoms with Gasteiger partial charge in [0.2, 0.25) is 17.7 Å². The normalized spacial score (nSPS) is 15.5. The van der Waals surface area contributed by atoms with Gasteiger partial charge in [0.05, 0.1) is 18.5 Å². The van der Waals surface area contributed by atoms with Crippen LogP contribution in [0, 0.1) is 0 Å². The Morgan fingerprint density at radius 3 is 2.27 bits per heavy atom. The minimum atomic E-state index is -0.430. The predicted octanol–water partition coefficient (Wildman–Crippen LogP) is 3.50. The number of nitrogens with zero attached hydrogens (tertiary/aromatic N) is 1. The Balaban J connectivity index is 1.73. The summed E-state index contributed by atoms with van der Waals surface area (Å²) in [7, 11) is 0. The van der Waals surface area contributed by atoms with Crippen LogP contribution in [-0.4, -0.2) is 35.7 Å². The van der Waals surface area contributed by atoms with Crippen LogP contribution in [0.5, 0.6) is 0 Å². The molecule has 6 nitrogen and oxygen atoms in total. The number of likely N-dealkylation sites (tertiary alicyclic amines) is 1. The summed E-state index contributed by atoms with van der Waals surface area (Å²) < 4.78 is 0.927. The first-order chi connectivity index (χ1) is 14.4. The second-order valence-corrected chi connectivity index (χ2v) is 8.40. The minimum absolute atomic E-state index is 0.110. The number of carbonyl (C=O) groups excluding carboxylic acids is 3. The summed E-state index contributed by atoms with van der Waals surface area (Å²) in [5.41, 5.74) is 1.81. The molecule has 1 fully saturated rings. The maximum atomic E-state index is 12.9. The van der Waals surface area contributed by atoms with Crippen LogP contribution in [0.2, 0.25) is 0 Å². The van der Waals surface area contributed by atoms with Gasteiger partial charge in [0, 0.05) is 30.9 Å². The van der Waals surface area contributed by atoms with E-state index in [-0.39, 0.29) is 30.2 Å². The van der Waals surface area contributed by atoms with Crippen molar-refractivity contribution in [3.63, 3.8) is 0 Å². The summed E-state index contributed by atoms with van der Waals surface area (Å²) in [6.45, 7) is 2.60. The van der Waals surface area contributed by atoms with Crippen molar-refractivity contribution in [1.82, 2.24) is 15.5 Å². The molecule has 0 aromatic heterocycles. The second kappa shape index (κ2) is 10.4. The van der Waals surface area contributed by atoms with Gasteiger partial charge in [-0.15, -0.1) is 0 Å². The van der Waals surface area contributed by atoms with Crippen LogP contribution < -0.4 is 10.6 Å². The third kappa shape index (κ3) is 6.16. The standard InChI is InChI=1S/C23H26BrN3O3/c1-16(28)25-20(18-9-11-19(24)12-10-18)14-22(29)26-21(17-6-3-2-4-7-17)15-27-13-5-8-23(27)30/h2-4,6-7,9-12,20-21H,5,8,13-15H2,1H3,(H,25,28)(H,26,29). The highest BCUT2D eigenvalue weighted by Crippen LogP contribution is 2.22. The topological polar surface area (TPSA) is 78.5 Å². The molecular formula is C23H26BrN3O3. The molecule has 2 atom stereocenters. The fourth-order valence-corrected chi connectivity index (χ4v) is 3.93. The van der Waals surface area contributed by atoms with Crippen molar-refractivity contribution in [2.75, 3.05) is 13.1 Å². The summed E-state index contributed by atoms with van der Waals surface area (Å²) in [6, 6.07) is 16.5. The van der Waals surface area contributed by atoms with Crippen molar-refractivity contribution in [2.24, 2.45) is 0 Å². The SMILES string of the molecule is CC(=O)NC(CC(=O)NC(CN1CCCC1=O)c1ccccc1)c1ccc(Br)cc1. The van der Waals surface area contributed by atoms with Crippen molar-refractivity contribution in [1.29, 1.82) is 0 Å². The zero-order valence-electron chi connectivity index (χ0n) is 16.9. The third-order valence-corrected chi connectivity index (χ3v) is 5.68. The summed E-state index contributed by atoms with van der Waals surface area (Å²) in [5.74, 6) is -0.258. The van der Waals surface area contributed by atoms with E-state index in [0.717, 1.165) is 22.0 Å². The number of nitrogens with one attached hydrogen (secondary N) is 2. The lowest BCUT2D eigenvalue weighted by molar-refractivity contribution is -0.129. The molecule has 2 unspecified atom stereocenters. The summed E-state index contributed by atoms with van der Waals surface area (Å²) in [6.07, 6.45) is 1.52. The van der Waals surface area contributed by atoms with E-state index >= 15 is 0 Å². The van der Waals surface area contributed by atoms with Crippen LogP contribution in [0.4, 0.5) is 0 Å². The predicted molar refractivity (Wildman–Crippen MR) is 118 cm³/mol. The molecule has 30 heavy (non-hydrogen) atoms. The van der Waals surface area contributed by atoms with Crippen molar-refractivity contribution in [2.45, 2.75) is 38.3 Å². The molecule has 3 amide bonds. The largest absolute Gasteiger partial charge is 0.349 e. The van der Waals surface area contributed by atoms with Gasteiger partial charge in [-0.25, -0.2) is 0 Å². The van der Waals surface area contributed by atoms with Crippen molar-refractivity contribution >= 4 is 33.7 Å². The molecule has 0 radical (unpaired) electrons. The van der Waals surface area contributed by atoms with Crippen LogP contribution in [0.1, 0.15) is 49.4 Å². The number of benzene rings is 2. The zero-order chi connectivity index (χ0) is 21.5. The van der Waals surface area contributed by atoms with Crippen LogP contribution in [0.3, 0.4) is 0 Å². The van der Waals surface area contributed by atoms with Gasteiger partial charge in [-0.1, -0.05) is 58.4 Å². The Kier molecular flexibility index (Phi) is 7.63. The van der Waals surface area contributed by atoms with Crippen LogP contribution in [0.25, 0.3) is 0 Å². The van der Waals surface area contributed by atoms with Gasteiger partial charge in [-0.05, 0) is 29.7 Å². The molecule has 1 saturated heterocycles. The molecule has 1 aliphatic heterocycles. The Morgan fingerprint density at radius 1 is 1.00 bits per heavy atom. The van der Waals surface area contributed by atoms with E-state index < -0.39 is 6.04 Å². The lowest BCUT2D eigenvalue weighted by Gasteiger charge is -2.26. The quantitative estimate of drug-likeness (QED) is 0.618. The average Bonchev–Trinajstić information content (AvgIpc) is 3.12. The van der Waals surface area contributed by atoms with Gasteiger partial charge in [0.15, 0.2) is 0 Å². The first kappa shape index (κ1) is 22.0. The van der Waals surface area contributed by atoms with Gasteiger partial charge in [-0.2, -0.15) is 0 Å². The lowest BCUT2D eigenvalue weighted by atomic mass is 10.0. The Labute approximate surface area is 185 Å².